The van der Waals surface area contributed by atoms with Gasteiger partial charge in [-0.1, -0.05) is 38.7 Å². The van der Waals surface area contributed by atoms with Crippen LogP contribution in [0.3, 0.4) is 0 Å². The fourth-order valence-electron chi connectivity index (χ4n) is 1.40. The molecule has 0 rings (SSSR count). The normalized spacial score (nSPS) is 15.6. The van der Waals surface area contributed by atoms with Crippen molar-refractivity contribution in [3.05, 3.63) is 12.7 Å². The number of unbranched alkanes of at least 4 members (excludes halogenated alkanes) is 3. The van der Waals surface area contributed by atoms with Crippen molar-refractivity contribution in [2.45, 2.75) is 52.0 Å². The molecule has 0 aliphatic heterocycles. The van der Waals surface area contributed by atoms with E-state index in [1.807, 2.05) is 6.08 Å². The molecule has 2 atom stereocenters. The maximum absolute atomic E-state index is 5.79. The predicted molar refractivity (Wildman–Crippen MR) is 56.1 cm³/mol. The topological polar surface area (TPSA) is 26.0 Å². The van der Waals surface area contributed by atoms with Gasteiger partial charge >= 0.3 is 0 Å². The van der Waals surface area contributed by atoms with Crippen molar-refractivity contribution in [3.63, 3.8) is 0 Å². The molecular formula is C11H23N. The number of hydrogen-bond acceptors (Lipinski definition) is 1. The van der Waals surface area contributed by atoms with Crippen molar-refractivity contribution in [2.24, 2.45) is 11.7 Å². The lowest BCUT2D eigenvalue weighted by Gasteiger charge is -2.15. The van der Waals surface area contributed by atoms with Crippen LogP contribution in [0.25, 0.3) is 0 Å². The highest BCUT2D eigenvalue weighted by Crippen LogP contribution is 2.14. The van der Waals surface area contributed by atoms with Crippen LogP contribution in [0.15, 0.2) is 12.7 Å². The van der Waals surface area contributed by atoms with Crippen molar-refractivity contribution in [1.82, 2.24) is 0 Å². The molecule has 0 aliphatic rings. The molecule has 0 saturated carbocycles. The van der Waals surface area contributed by atoms with Gasteiger partial charge in [0, 0.05) is 6.04 Å². The monoisotopic (exact) mass is 169 g/mol. The van der Waals surface area contributed by atoms with E-state index in [9.17, 15) is 0 Å². The average molecular weight is 169 g/mol. The van der Waals surface area contributed by atoms with Crippen molar-refractivity contribution >= 4 is 0 Å². The first-order valence-corrected chi connectivity index (χ1v) is 5.10. The van der Waals surface area contributed by atoms with Gasteiger partial charge in [0.05, 0.1) is 0 Å². The summed E-state index contributed by atoms with van der Waals surface area (Å²) >= 11 is 0. The zero-order chi connectivity index (χ0) is 9.40. The molecule has 72 valence electrons. The Balaban J connectivity index is 3.38. The second kappa shape index (κ2) is 7.35. The summed E-state index contributed by atoms with van der Waals surface area (Å²) in [7, 11) is 0. The van der Waals surface area contributed by atoms with E-state index < -0.39 is 0 Å². The third-order valence-corrected chi connectivity index (χ3v) is 2.37. The van der Waals surface area contributed by atoms with E-state index in [1.165, 1.54) is 32.1 Å². The lowest BCUT2D eigenvalue weighted by Crippen LogP contribution is -2.24. The van der Waals surface area contributed by atoms with E-state index in [1.54, 1.807) is 0 Å². The smallest absolute Gasteiger partial charge is 0.00732 e. The van der Waals surface area contributed by atoms with Gasteiger partial charge < -0.3 is 5.73 Å². The summed E-state index contributed by atoms with van der Waals surface area (Å²) in [5, 5.41) is 0. The van der Waals surface area contributed by atoms with Crippen LogP contribution in [-0.4, -0.2) is 6.04 Å². The fourth-order valence-corrected chi connectivity index (χ4v) is 1.40. The summed E-state index contributed by atoms with van der Waals surface area (Å²) in [6.07, 6.45) is 8.50. The maximum atomic E-state index is 5.79. The number of nitrogens with two attached hydrogens (primary N) is 1. The molecule has 1 heteroatoms. The molecule has 0 saturated heterocycles. The highest BCUT2D eigenvalue weighted by Gasteiger charge is 2.07. The van der Waals surface area contributed by atoms with Crippen LogP contribution in [0, 0.1) is 5.92 Å². The maximum Gasteiger partial charge on any atom is 0.00732 e. The molecule has 0 aromatic rings. The van der Waals surface area contributed by atoms with Gasteiger partial charge in [-0.2, -0.15) is 0 Å². The van der Waals surface area contributed by atoms with E-state index in [-0.39, 0.29) is 6.04 Å². The minimum absolute atomic E-state index is 0.268. The summed E-state index contributed by atoms with van der Waals surface area (Å²) < 4.78 is 0. The Morgan fingerprint density at radius 2 is 2.00 bits per heavy atom. The van der Waals surface area contributed by atoms with Crippen LogP contribution >= 0.6 is 0 Å². The van der Waals surface area contributed by atoms with Gasteiger partial charge in [0.1, 0.15) is 0 Å². The number of rotatable bonds is 7. The van der Waals surface area contributed by atoms with Crippen molar-refractivity contribution in [2.75, 3.05) is 0 Å². The summed E-state index contributed by atoms with van der Waals surface area (Å²) in [5.41, 5.74) is 5.79. The molecule has 0 aromatic carbocycles. The zero-order valence-corrected chi connectivity index (χ0v) is 8.55. The zero-order valence-electron chi connectivity index (χ0n) is 8.55. The van der Waals surface area contributed by atoms with E-state index in [0.29, 0.717) is 5.92 Å². The van der Waals surface area contributed by atoms with Gasteiger partial charge in [0.15, 0.2) is 0 Å². The summed E-state index contributed by atoms with van der Waals surface area (Å²) in [5.74, 6) is 0.516. The highest BCUT2D eigenvalue weighted by atomic mass is 14.6. The molecule has 0 fully saturated rings. The fraction of sp³-hybridized carbons (Fsp3) is 0.818. The van der Waals surface area contributed by atoms with Crippen LogP contribution in [0.2, 0.25) is 0 Å². The second-order valence-electron chi connectivity index (χ2n) is 3.61. The molecule has 12 heavy (non-hydrogen) atoms. The third kappa shape index (κ3) is 5.36. The molecule has 1 nitrogen and oxygen atoms in total. The predicted octanol–water partition coefficient (Wildman–Crippen LogP) is 3.11. The van der Waals surface area contributed by atoms with Gasteiger partial charge in [0.2, 0.25) is 0 Å². The molecule has 0 radical (unpaired) electrons. The number of hydrogen-bond donors (Lipinski definition) is 1. The van der Waals surface area contributed by atoms with Crippen molar-refractivity contribution < 1.29 is 0 Å². The van der Waals surface area contributed by atoms with Gasteiger partial charge in [-0.05, 0) is 19.3 Å². The molecule has 0 unspecified atom stereocenters. The summed E-state index contributed by atoms with van der Waals surface area (Å²) in [6, 6.07) is 0.268. The second-order valence-corrected chi connectivity index (χ2v) is 3.61. The quantitative estimate of drug-likeness (QED) is 0.460. The summed E-state index contributed by atoms with van der Waals surface area (Å²) in [4.78, 5) is 0. The molecule has 0 bridgehead atoms. The third-order valence-electron chi connectivity index (χ3n) is 2.37. The molecule has 0 amide bonds. The highest BCUT2D eigenvalue weighted by molar-refractivity contribution is 4.84. The summed E-state index contributed by atoms with van der Waals surface area (Å²) in [6.45, 7) is 8.10. The largest absolute Gasteiger partial charge is 0.327 e. The van der Waals surface area contributed by atoms with Crippen LogP contribution in [0.5, 0.6) is 0 Å². The SMILES string of the molecule is C=C[C@H](CCCCCC)[C@@H](C)N. The van der Waals surface area contributed by atoms with Crippen LogP contribution < -0.4 is 5.73 Å². The Morgan fingerprint density at radius 1 is 1.33 bits per heavy atom. The van der Waals surface area contributed by atoms with E-state index >= 15 is 0 Å². The van der Waals surface area contributed by atoms with Gasteiger partial charge in [0.25, 0.3) is 0 Å². The first kappa shape index (κ1) is 11.7. The lowest BCUT2D eigenvalue weighted by atomic mass is 9.95. The Bertz CT molecular complexity index is 108. The first-order chi connectivity index (χ1) is 5.72. The van der Waals surface area contributed by atoms with Crippen molar-refractivity contribution in [3.8, 4) is 0 Å². The van der Waals surface area contributed by atoms with Gasteiger partial charge in [-0.3, -0.25) is 0 Å². The Kier molecular flexibility index (Phi) is 7.17. The molecule has 0 aliphatic carbocycles. The van der Waals surface area contributed by atoms with Crippen LogP contribution in [-0.2, 0) is 0 Å². The average Bonchev–Trinajstić information content (AvgIpc) is 2.04. The molecule has 0 spiro atoms. The molecule has 0 aromatic heterocycles. The van der Waals surface area contributed by atoms with E-state index in [2.05, 4.69) is 20.4 Å². The van der Waals surface area contributed by atoms with Gasteiger partial charge in [-0.25, -0.2) is 0 Å². The molecule has 2 N–H and O–H groups in total. The standard InChI is InChI=1S/C11H23N/c1-4-6-7-8-9-11(5-2)10(3)12/h5,10-11H,2,4,6-9,12H2,1,3H3/t10-,11-/m1/s1. The molecular weight excluding hydrogens is 146 g/mol. The van der Waals surface area contributed by atoms with Crippen LogP contribution in [0.4, 0.5) is 0 Å². The Morgan fingerprint density at radius 3 is 2.42 bits per heavy atom. The Labute approximate surface area is 77.0 Å². The minimum Gasteiger partial charge on any atom is -0.327 e. The Hall–Kier alpha value is -0.300. The first-order valence-electron chi connectivity index (χ1n) is 5.10. The van der Waals surface area contributed by atoms with Crippen molar-refractivity contribution in [1.29, 1.82) is 0 Å². The molecule has 0 heterocycles. The van der Waals surface area contributed by atoms with Gasteiger partial charge in [-0.15, -0.1) is 6.58 Å². The lowest BCUT2D eigenvalue weighted by molar-refractivity contribution is 0.468. The van der Waals surface area contributed by atoms with E-state index in [4.69, 9.17) is 5.73 Å². The minimum atomic E-state index is 0.268. The van der Waals surface area contributed by atoms with E-state index in [0.717, 1.165) is 0 Å². The van der Waals surface area contributed by atoms with Crippen LogP contribution in [0.1, 0.15) is 46.0 Å².